The summed E-state index contributed by atoms with van der Waals surface area (Å²) in [5, 5.41) is 12.0. The summed E-state index contributed by atoms with van der Waals surface area (Å²) in [6.07, 6.45) is 2.52. The van der Waals surface area contributed by atoms with E-state index in [1.54, 1.807) is 0 Å². The molecule has 5 nitrogen and oxygen atoms in total. The number of carbonyl (C=O) groups is 1. The van der Waals surface area contributed by atoms with Crippen LogP contribution in [-0.2, 0) is 4.79 Å². The Balaban J connectivity index is 1.86. The molecule has 0 radical (unpaired) electrons. The van der Waals surface area contributed by atoms with Gasteiger partial charge in [0.1, 0.15) is 0 Å². The summed E-state index contributed by atoms with van der Waals surface area (Å²) >= 11 is 0. The van der Waals surface area contributed by atoms with Gasteiger partial charge >= 0.3 is 0 Å². The third kappa shape index (κ3) is 4.44. The lowest BCUT2D eigenvalue weighted by molar-refractivity contribution is -0.117. The number of nitrogens with one attached hydrogen (secondary N) is 1. The summed E-state index contributed by atoms with van der Waals surface area (Å²) in [6, 6.07) is 7.98. The zero-order valence-electron chi connectivity index (χ0n) is 12.9. The molecule has 1 amide bonds. The Morgan fingerprint density at radius 2 is 1.95 bits per heavy atom. The summed E-state index contributed by atoms with van der Waals surface area (Å²) in [7, 11) is 1.83. The average Bonchev–Trinajstić information content (AvgIpc) is 3.01. The minimum absolute atomic E-state index is 0.0201. The molecule has 2 N–H and O–H groups in total. The van der Waals surface area contributed by atoms with Gasteiger partial charge in [-0.15, -0.1) is 0 Å². The molecule has 1 aliphatic rings. The zero-order valence-corrected chi connectivity index (χ0v) is 12.9. The van der Waals surface area contributed by atoms with Gasteiger partial charge in [0, 0.05) is 30.5 Å². The normalized spacial score (nSPS) is 16.3. The van der Waals surface area contributed by atoms with Crippen molar-refractivity contribution in [2.75, 3.05) is 43.5 Å². The summed E-state index contributed by atoms with van der Waals surface area (Å²) in [6.45, 7) is 4.45. The number of aliphatic hydroxyl groups is 1. The zero-order chi connectivity index (χ0) is 15.2. The lowest BCUT2D eigenvalue weighted by atomic mass is 10.2. The van der Waals surface area contributed by atoms with Gasteiger partial charge in [-0.2, -0.15) is 0 Å². The molecule has 1 unspecified atom stereocenters. The van der Waals surface area contributed by atoms with Gasteiger partial charge in [0.05, 0.1) is 13.2 Å². The number of aliphatic hydroxyl groups excluding tert-OH is 1. The van der Waals surface area contributed by atoms with Gasteiger partial charge in [0.2, 0.25) is 5.91 Å². The van der Waals surface area contributed by atoms with E-state index in [1.165, 1.54) is 18.5 Å². The Morgan fingerprint density at radius 1 is 1.33 bits per heavy atom. The second-order valence-electron chi connectivity index (χ2n) is 5.74. The van der Waals surface area contributed by atoms with Crippen molar-refractivity contribution < 1.29 is 9.90 Å². The lowest BCUT2D eigenvalue weighted by Gasteiger charge is -2.22. The molecule has 2 rings (SSSR count). The largest absolute Gasteiger partial charge is 0.395 e. The number of nitrogens with zero attached hydrogens (tertiary/aromatic N) is 2. The first-order valence-electron chi connectivity index (χ1n) is 7.56. The van der Waals surface area contributed by atoms with E-state index >= 15 is 0 Å². The number of hydrogen-bond donors (Lipinski definition) is 2. The Morgan fingerprint density at radius 3 is 2.52 bits per heavy atom. The Hall–Kier alpha value is -1.59. The van der Waals surface area contributed by atoms with Crippen molar-refractivity contribution in [3.63, 3.8) is 0 Å². The minimum atomic E-state index is -0.0632. The van der Waals surface area contributed by atoms with Gasteiger partial charge in [-0.3, -0.25) is 9.69 Å². The molecular weight excluding hydrogens is 266 g/mol. The van der Waals surface area contributed by atoms with Gasteiger partial charge < -0.3 is 15.3 Å². The van der Waals surface area contributed by atoms with E-state index in [4.69, 9.17) is 5.11 Å². The van der Waals surface area contributed by atoms with Crippen molar-refractivity contribution in [2.24, 2.45) is 0 Å². The highest BCUT2D eigenvalue weighted by Crippen LogP contribution is 2.21. The van der Waals surface area contributed by atoms with Crippen LogP contribution in [0.5, 0.6) is 0 Å². The first-order valence-corrected chi connectivity index (χ1v) is 7.56. The van der Waals surface area contributed by atoms with Crippen molar-refractivity contribution in [3.8, 4) is 0 Å². The van der Waals surface area contributed by atoms with Gasteiger partial charge in [0.25, 0.3) is 0 Å². The van der Waals surface area contributed by atoms with E-state index in [9.17, 15) is 4.79 Å². The lowest BCUT2D eigenvalue weighted by Crippen LogP contribution is -2.38. The van der Waals surface area contributed by atoms with Crippen molar-refractivity contribution in [1.82, 2.24) is 4.90 Å². The predicted molar refractivity (Wildman–Crippen MR) is 85.7 cm³/mol. The van der Waals surface area contributed by atoms with E-state index < -0.39 is 0 Å². The molecular formula is C16H25N3O2. The maximum absolute atomic E-state index is 11.9. The molecule has 1 atom stereocenters. The number of likely N-dealkylation sites (N-methyl/N-ethyl adjacent to an activating group) is 1. The summed E-state index contributed by atoms with van der Waals surface area (Å²) in [5.41, 5.74) is 2.03. The van der Waals surface area contributed by atoms with Crippen molar-refractivity contribution in [2.45, 2.75) is 25.8 Å². The molecule has 1 fully saturated rings. The number of rotatable bonds is 6. The van der Waals surface area contributed by atoms with Gasteiger partial charge in [0.15, 0.2) is 0 Å². The molecule has 0 aliphatic carbocycles. The standard InChI is InChI=1S/C16H25N3O2/c1-13(12-20)18(2)11-16(21)17-14-5-7-15(8-6-14)19-9-3-4-10-19/h5-8,13,20H,3-4,9-12H2,1-2H3,(H,17,21). The van der Waals surface area contributed by atoms with Crippen LogP contribution in [0.2, 0.25) is 0 Å². The highest BCUT2D eigenvalue weighted by molar-refractivity contribution is 5.92. The van der Waals surface area contributed by atoms with E-state index in [1.807, 2.05) is 31.0 Å². The quantitative estimate of drug-likeness (QED) is 0.835. The Labute approximate surface area is 126 Å². The number of carbonyl (C=O) groups excluding carboxylic acids is 1. The van der Waals surface area contributed by atoms with Crippen LogP contribution < -0.4 is 10.2 Å². The average molecular weight is 291 g/mol. The van der Waals surface area contributed by atoms with Gasteiger partial charge in [-0.25, -0.2) is 0 Å². The van der Waals surface area contributed by atoms with E-state index in [0.717, 1.165) is 18.8 Å². The van der Waals surface area contributed by atoms with Crippen molar-refractivity contribution in [3.05, 3.63) is 24.3 Å². The minimum Gasteiger partial charge on any atom is -0.395 e. The van der Waals surface area contributed by atoms with Crippen LogP contribution in [0.15, 0.2) is 24.3 Å². The highest BCUT2D eigenvalue weighted by Gasteiger charge is 2.14. The monoisotopic (exact) mass is 291 g/mol. The van der Waals surface area contributed by atoms with Gasteiger partial charge in [-0.1, -0.05) is 0 Å². The van der Waals surface area contributed by atoms with Crippen LogP contribution in [0.3, 0.4) is 0 Å². The fourth-order valence-corrected chi connectivity index (χ4v) is 2.45. The molecule has 5 heteroatoms. The van der Waals surface area contributed by atoms with Crippen LogP contribution in [-0.4, -0.2) is 55.2 Å². The molecule has 1 aliphatic heterocycles. The Bertz CT molecular complexity index is 455. The van der Waals surface area contributed by atoms with Crippen LogP contribution in [0.25, 0.3) is 0 Å². The summed E-state index contributed by atoms with van der Waals surface area (Å²) in [4.78, 5) is 16.1. The second-order valence-corrected chi connectivity index (χ2v) is 5.74. The highest BCUT2D eigenvalue weighted by atomic mass is 16.3. The van der Waals surface area contributed by atoms with E-state index in [-0.39, 0.29) is 25.1 Å². The summed E-state index contributed by atoms with van der Waals surface area (Å²) in [5.74, 6) is -0.0632. The SMILES string of the molecule is CC(CO)N(C)CC(=O)Nc1ccc(N2CCCC2)cc1. The predicted octanol–water partition coefficient (Wildman–Crippen LogP) is 1.54. The third-order valence-corrected chi connectivity index (χ3v) is 4.03. The third-order valence-electron chi connectivity index (χ3n) is 4.03. The number of anilines is 2. The van der Waals surface area contributed by atoms with Crippen molar-refractivity contribution >= 4 is 17.3 Å². The van der Waals surface area contributed by atoms with Crippen LogP contribution in [0.1, 0.15) is 19.8 Å². The first kappa shape index (κ1) is 15.8. The number of hydrogen-bond acceptors (Lipinski definition) is 4. The number of amides is 1. The maximum atomic E-state index is 11.9. The topological polar surface area (TPSA) is 55.8 Å². The molecule has 1 aromatic carbocycles. The first-order chi connectivity index (χ1) is 10.1. The molecule has 1 aromatic rings. The van der Waals surface area contributed by atoms with E-state index in [2.05, 4.69) is 22.3 Å². The fourth-order valence-electron chi connectivity index (χ4n) is 2.45. The second kappa shape index (κ2) is 7.43. The van der Waals surface area contributed by atoms with Crippen LogP contribution in [0, 0.1) is 0 Å². The molecule has 0 saturated carbocycles. The smallest absolute Gasteiger partial charge is 0.238 e. The number of benzene rings is 1. The maximum Gasteiger partial charge on any atom is 0.238 e. The Kier molecular flexibility index (Phi) is 5.59. The van der Waals surface area contributed by atoms with Crippen molar-refractivity contribution in [1.29, 1.82) is 0 Å². The van der Waals surface area contributed by atoms with Crippen LogP contribution in [0.4, 0.5) is 11.4 Å². The molecule has 0 aromatic heterocycles. The molecule has 21 heavy (non-hydrogen) atoms. The molecule has 1 saturated heterocycles. The van der Waals surface area contributed by atoms with Crippen LogP contribution >= 0.6 is 0 Å². The molecule has 1 heterocycles. The fraction of sp³-hybridized carbons (Fsp3) is 0.562. The molecule has 0 bridgehead atoms. The molecule has 116 valence electrons. The van der Waals surface area contributed by atoms with Gasteiger partial charge in [-0.05, 0) is 51.1 Å². The van der Waals surface area contributed by atoms with E-state index in [0.29, 0.717) is 0 Å². The summed E-state index contributed by atoms with van der Waals surface area (Å²) < 4.78 is 0. The molecule has 0 spiro atoms.